The van der Waals surface area contributed by atoms with Gasteiger partial charge in [0.1, 0.15) is 8.77 Å². The third-order valence-electron chi connectivity index (χ3n) is 1.97. The van der Waals surface area contributed by atoms with Gasteiger partial charge in [-0.15, -0.1) is 0 Å². The van der Waals surface area contributed by atoms with Gasteiger partial charge in [0.2, 0.25) is 0 Å². The Labute approximate surface area is 120 Å². The van der Waals surface area contributed by atoms with Gasteiger partial charge in [0, 0.05) is 17.7 Å². The summed E-state index contributed by atoms with van der Waals surface area (Å²) in [6, 6.07) is 5.29. The molecule has 3 N–H and O–H groups in total. The highest BCUT2D eigenvalue weighted by atomic mass is 32.8. The van der Waals surface area contributed by atoms with Crippen molar-refractivity contribution in [2.45, 2.75) is 0 Å². The van der Waals surface area contributed by atoms with Crippen molar-refractivity contribution >= 4 is 36.3 Å². The van der Waals surface area contributed by atoms with Crippen molar-refractivity contribution in [3.05, 3.63) is 29.8 Å². The van der Waals surface area contributed by atoms with Gasteiger partial charge in [-0.3, -0.25) is 9.35 Å². The molecule has 1 aromatic rings. The summed E-state index contributed by atoms with van der Waals surface area (Å²) in [6.07, 6.45) is 0. The maximum Gasteiger partial charge on any atom is 0.446 e. The van der Waals surface area contributed by atoms with Crippen LogP contribution in [0.5, 0.6) is 5.75 Å². The third-order valence-corrected chi connectivity index (χ3v) is 3.58. The van der Waals surface area contributed by atoms with Crippen LogP contribution in [0.3, 0.4) is 0 Å². The number of carbonyl (C=O) groups is 1. The fraction of sp³-hybridized carbons (Fsp3) is 0.222. The van der Waals surface area contributed by atoms with Gasteiger partial charge in [-0.1, -0.05) is 12.1 Å². The Bertz CT molecular complexity index is 696. The summed E-state index contributed by atoms with van der Waals surface area (Å²) in [5, 5.41) is 2.28. The van der Waals surface area contributed by atoms with Crippen LogP contribution < -0.4 is 9.50 Å². The number of rotatable bonds is 6. The first-order valence-electron chi connectivity index (χ1n) is 5.08. The van der Waals surface area contributed by atoms with Gasteiger partial charge >= 0.3 is 10.4 Å². The van der Waals surface area contributed by atoms with Crippen LogP contribution in [0.15, 0.2) is 24.3 Å². The average molecular weight is 341 g/mol. The molecule has 1 aromatic carbocycles. The average Bonchev–Trinajstić information content (AvgIpc) is 2.25. The molecule has 0 aliphatic heterocycles. The Kier molecular flexibility index (Phi) is 5.42. The number of para-hydroxylation sites is 1. The molecule has 0 spiro atoms. The monoisotopic (exact) mass is 341 g/mol. The van der Waals surface area contributed by atoms with Crippen LogP contribution >= 0.6 is 0 Å². The zero-order chi connectivity index (χ0) is 15.4. The lowest BCUT2D eigenvalue weighted by molar-refractivity contribution is 0.0954. The Morgan fingerprint density at radius 1 is 1.25 bits per heavy atom. The molecule has 1 rings (SSSR count). The molecular formula is C9H11NO7S3. The first-order valence-corrected chi connectivity index (χ1v) is 9.05. The highest BCUT2D eigenvalue weighted by molar-refractivity contribution is 8.29. The van der Waals surface area contributed by atoms with Gasteiger partial charge in [-0.2, -0.15) is 8.42 Å². The van der Waals surface area contributed by atoms with Gasteiger partial charge in [0.15, 0.2) is 5.75 Å². The van der Waals surface area contributed by atoms with Crippen LogP contribution in [-0.4, -0.2) is 39.9 Å². The van der Waals surface area contributed by atoms with E-state index in [1.807, 2.05) is 0 Å². The third kappa shape index (κ3) is 6.25. The summed E-state index contributed by atoms with van der Waals surface area (Å²) >= 11 is 4.25. The van der Waals surface area contributed by atoms with Gasteiger partial charge in [-0.25, -0.2) is 4.21 Å². The van der Waals surface area contributed by atoms with Crippen LogP contribution in [-0.2, 0) is 30.4 Å². The molecule has 0 aliphatic carbocycles. The van der Waals surface area contributed by atoms with E-state index in [2.05, 4.69) is 20.7 Å². The lowest BCUT2D eigenvalue weighted by Gasteiger charge is -2.09. The Morgan fingerprint density at radius 2 is 1.85 bits per heavy atom. The second-order valence-electron chi connectivity index (χ2n) is 3.55. The quantitative estimate of drug-likeness (QED) is 0.607. The number of hydrogen-bond donors (Lipinski definition) is 3. The summed E-state index contributed by atoms with van der Waals surface area (Å²) < 4.78 is 53.8. The molecule has 112 valence electrons. The first kappa shape index (κ1) is 16.8. The van der Waals surface area contributed by atoms with E-state index in [1.165, 1.54) is 24.3 Å². The molecule has 11 heteroatoms. The summed E-state index contributed by atoms with van der Waals surface area (Å²) in [7, 11) is -8.15. The molecule has 0 saturated carbocycles. The molecule has 1 amide bonds. The van der Waals surface area contributed by atoms with E-state index in [4.69, 9.17) is 9.11 Å². The SMILES string of the molecule is O=C(NCCS(=O)(O)=S)c1ccccc1OS(=O)(=O)O. The number of hydrogen-bond acceptors (Lipinski definition) is 6. The molecule has 20 heavy (non-hydrogen) atoms. The van der Waals surface area contributed by atoms with Gasteiger partial charge in [0.05, 0.1) is 11.3 Å². The summed E-state index contributed by atoms with van der Waals surface area (Å²) in [5.41, 5.74) is -0.154. The molecule has 1 atom stereocenters. The van der Waals surface area contributed by atoms with E-state index in [-0.39, 0.29) is 23.6 Å². The van der Waals surface area contributed by atoms with Crippen LogP contribution in [0.4, 0.5) is 0 Å². The van der Waals surface area contributed by atoms with Crippen molar-refractivity contribution < 1.29 is 30.7 Å². The van der Waals surface area contributed by atoms with Crippen LogP contribution in [0.1, 0.15) is 10.4 Å². The standard InChI is InChI=1S/C9H11NO7S3/c11-9(10-5-6-19(12,13)18)7-3-1-2-4-8(7)17-20(14,15)16/h1-4H,5-6H2,(H,10,11)(H,12,13,18)(H,14,15,16). The minimum absolute atomic E-state index is 0.154. The Balaban J connectivity index is 2.83. The lowest BCUT2D eigenvalue weighted by Crippen LogP contribution is -2.29. The van der Waals surface area contributed by atoms with E-state index < -0.39 is 25.1 Å². The van der Waals surface area contributed by atoms with E-state index >= 15 is 0 Å². The number of carbonyl (C=O) groups excluding carboxylic acids is 1. The number of nitrogens with one attached hydrogen (secondary N) is 1. The molecule has 0 bridgehead atoms. The van der Waals surface area contributed by atoms with Crippen LogP contribution in [0, 0.1) is 0 Å². The summed E-state index contributed by atoms with van der Waals surface area (Å²) in [6.45, 7) is -0.169. The summed E-state index contributed by atoms with van der Waals surface area (Å²) in [5.74, 6) is -1.42. The fourth-order valence-electron chi connectivity index (χ4n) is 1.23. The number of benzene rings is 1. The topological polar surface area (TPSA) is 130 Å². The Hall–Kier alpha value is -1.27. The summed E-state index contributed by atoms with van der Waals surface area (Å²) in [4.78, 5) is 11.8. The second kappa shape index (κ2) is 6.45. The normalized spacial score (nSPS) is 14.3. The first-order chi connectivity index (χ1) is 9.08. The zero-order valence-electron chi connectivity index (χ0n) is 9.88. The maximum atomic E-state index is 11.8. The van der Waals surface area contributed by atoms with Gasteiger partial charge < -0.3 is 14.1 Å². The minimum Gasteiger partial charge on any atom is -0.361 e. The second-order valence-corrected chi connectivity index (χ2v) is 7.71. The van der Waals surface area contributed by atoms with E-state index in [9.17, 15) is 17.4 Å². The molecule has 8 nitrogen and oxygen atoms in total. The predicted molar refractivity (Wildman–Crippen MR) is 74.0 cm³/mol. The smallest absolute Gasteiger partial charge is 0.361 e. The van der Waals surface area contributed by atoms with Gasteiger partial charge in [0.25, 0.3) is 5.91 Å². The van der Waals surface area contributed by atoms with E-state index in [0.29, 0.717) is 0 Å². The van der Waals surface area contributed by atoms with E-state index in [1.54, 1.807) is 0 Å². The molecular weight excluding hydrogens is 330 g/mol. The molecule has 0 aromatic heterocycles. The van der Waals surface area contributed by atoms with Crippen molar-refractivity contribution in [1.82, 2.24) is 5.32 Å². The van der Waals surface area contributed by atoms with Crippen molar-refractivity contribution in [1.29, 1.82) is 0 Å². The van der Waals surface area contributed by atoms with Crippen LogP contribution in [0.25, 0.3) is 0 Å². The molecule has 0 saturated heterocycles. The Morgan fingerprint density at radius 3 is 2.40 bits per heavy atom. The highest BCUT2D eigenvalue weighted by Gasteiger charge is 2.16. The lowest BCUT2D eigenvalue weighted by atomic mass is 10.2. The van der Waals surface area contributed by atoms with Crippen molar-refractivity contribution in [2.75, 3.05) is 12.3 Å². The minimum atomic E-state index is -4.76. The highest BCUT2D eigenvalue weighted by Crippen LogP contribution is 2.19. The fourth-order valence-corrected chi connectivity index (χ4v) is 2.21. The van der Waals surface area contributed by atoms with Crippen molar-refractivity contribution in [3.8, 4) is 5.75 Å². The van der Waals surface area contributed by atoms with Crippen LogP contribution in [0.2, 0.25) is 0 Å². The predicted octanol–water partition coefficient (Wildman–Crippen LogP) is -0.183. The van der Waals surface area contributed by atoms with Gasteiger partial charge in [-0.05, 0) is 12.1 Å². The largest absolute Gasteiger partial charge is 0.446 e. The molecule has 0 heterocycles. The maximum absolute atomic E-state index is 11.8. The van der Waals surface area contributed by atoms with Crippen molar-refractivity contribution in [2.24, 2.45) is 0 Å². The van der Waals surface area contributed by atoms with E-state index in [0.717, 1.165) is 0 Å². The zero-order valence-corrected chi connectivity index (χ0v) is 12.3. The molecule has 0 fully saturated rings. The number of amides is 1. The molecule has 1 unspecified atom stereocenters. The molecule has 0 radical (unpaired) electrons. The molecule has 0 aliphatic rings. The van der Waals surface area contributed by atoms with Crippen molar-refractivity contribution in [3.63, 3.8) is 0 Å².